The van der Waals surface area contributed by atoms with Gasteiger partial charge in [-0.25, -0.2) is 0 Å². The summed E-state index contributed by atoms with van der Waals surface area (Å²) < 4.78 is 4.62. The summed E-state index contributed by atoms with van der Waals surface area (Å²) in [6.45, 7) is 1.33. The molecule has 0 heterocycles. The van der Waals surface area contributed by atoms with Crippen LogP contribution in [0.1, 0.15) is 19.8 Å². The van der Waals surface area contributed by atoms with Crippen LogP contribution >= 0.6 is 23.2 Å². The summed E-state index contributed by atoms with van der Waals surface area (Å²) in [5.41, 5.74) is -0.517. The molecule has 0 fully saturated rings. The van der Waals surface area contributed by atoms with Crippen molar-refractivity contribution < 1.29 is 9.53 Å². The quantitative estimate of drug-likeness (QED) is 0.495. The van der Waals surface area contributed by atoms with Crippen molar-refractivity contribution in [3.8, 4) is 0 Å². The number of rotatable bonds is 4. The molecule has 0 saturated carbocycles. The third-order valence-corrected chi connectivity index (χ3v) is 1.43. The molecule has 60 valence electrons. The maximum absolute atomic E-state index is 10.3. The Bertz CT molecular complexity index is 106. The van der Waals surface area contributed by atoms with Crippen molar-refractivity contribution in [2.75, 3.05) is 5.88 Å². The van der Waals surface area contributed by atoms with E-state index in [0.29, 0.717) is 12.3 Å². The van der Waals surface area contributed by atoms with Crippen LogP contribution in [-0.2, 0) is 9.53 Å². The maximum Gasteiger partial charge on any atom is 0.304 e. The molecule has 0 aromatic rings. The van der Waals surface area contributed by atoms with Crippen molar-refractivity contribution in [2.24, 2.45) is 0 Å². The van der Waals surface area contributed by atoms with E-state index in [0.717, 1.165) is 6.42 Å². The fourth-order valence-corrected chi connectivity index (χ4v) is 0.911. The highest BCUT2D eigenvalue weighted by Crippen LogP contribution is 2.07. The molecule has 0 aromatic carbocycles. The fourth-order valence-electron chi connectivity index (χ4n) is 0.477. The summed E-state index contributed by atoms with van der Waals surface area (Å²) in [6, 6.07) is 0. The number of halogens is 2. The monoisotopic (exact) mass is 184 g/mol. The zero-order valence-electron chi connectivity index (χ0n) is 5.77. The molecule has 0 bridgehead atoms. The van der Waals surface area contributed by atoms with Gasteiger partial charge < -0.3 is 4.74 Å². The Hall–Kier alpha value is 0.0500. The lowest BCUT2D eigenvalue weighted by Crippen LogP contribution is -2.09. The Kier molecular flexibility index (Phi) is 5.84. The number of hydrogen-bond acceptors (Lipinski definition) is 2. The molecule has 0 aliphatic rings. The van der Waals surface area contributed by atoms with Gasteiger partial charge in [0, 0.05) is 12.8 Å². The van der Waals surface area contributed by atoms with E-state index in [-0.39, 0.29) is 5.97 Å². The first-order valence-corrected chi connectivity index (χ1v) is 4.01. The molecule has 0 saturated heterocycles. The Labute approximate surface area is 70.4 Å². The van der Waals surface area contributed by atoms with Gasteiger partial charge in [0.25, 0.3) is 0 Å². The molecule has 0 aromatic heterocycles. The molecule has 0 aliphatic carbocycles. The molecule has 0 radical (unpaired) electrons. The lowest BCUT2D eigenvalue weighted by Gasteiger charge is -2.07. The molecule has 0 aliphatic heterocycles. The minimum absolute atomic E-state index is 0.352. The van der Waals surface area contributed by atoms with Gasteiger partial charge in [-0.3, -0.25) is 4.79 Å². The molecule has 2 nitrogen and oxygen atoms in total. The topological polar surface area (TPSA) is 26.3 Å². The van der Waals surface area contributed by atoms with Gasteiger partial charge in [0.05, 0.1) is 0 Å². The second-order valence-corrected chi connectivity index (χ2v) is 2.72. The van der Waals surface area contributed by atoms with Gasteiger partial charge in [0.15, 0.2) is 5.56 Å². The van der Waals surface area contributed by atoms with Crippen LogP contribution in [0.3, 0.4) is 0 Å². The zero-order valence-corrected chi connectivity index (χ0v) is 7.28. The number of carbonyl (C=O) groups excluding carboxylic acids is 1. The average molecular weight is 185 g/mol. The van der Waals surface area contributed by atoms with Gasteiger partial charge in [-0.05, 0) is 12.8 Å². The van der Waals surface area contributed by atoms with E-state index in [4.69, 9.17) is 23.2 Å². The highest BCUT2D eigenvalue weighted by atomic mass is 35.5. The van der Waals surface area contributed by atoms with Crippen molar-refractivity contribution in [3.63, 3.8) is 0 Å². The van der Waals surface area contributed by atoms with E-state index in [1.807, 2.05) is 0 Å². The summed E-state index contributed by atoms with van der Waals surface area (Å²) in [5, 5.41) is 0. The smallest absolute Gasteiger partial charge is 0.304 e. The van der Waals surface area contributed by atoms with Crippen molar-refractivity contribution >= 4 is 29.2 Å². The lowest BCUT2D eigenvalue weighted by atomic mass is 10.3. The van der Waals surface area contributed by atoms with Crippen molar-refractivity contribution in [1.29, 1.82) is 0 Å². The fraction of sp³-hybridized carbons (Fsp3) is 0.833. The molecule has 1 unspecified atom stereocenters. The van der Waals surface area contributed by atoms with Gasteiger partial charge in [0.2, 0.25) is 0 Å². The second kappa shape index (κ2) is 5.81. The van der Waals surface area contributed by atoms with Crippen LogP contribution in [-0.4, -0.2) is 17.4 Å². The van der Waals surface area contributed by atoms with Crippen LogP contribution in [0.25, 0.3) is 0 Å². The number of carbonyl (C=O) groups is 1. The summed E-state index contributed by atoms with van der Waals surface area (Å²) in [7, 11) is 0. The van der Waals surface area contributed by atoms with Crippen molar-refractivity contribution in [2.45, 2.75) is 25.3 Å². The SMILES string of the molecule is CC(=O)OC(Cl)CCCCl. The van der Waals surface area contributed by atoms with E-state index in [1.54, 1.807) is 0 Å². The van der Waals surface area contributed by atoms with Crippen LogP contribution in [0.2, 0.25) is 0 Å². The van der Waals surface area contributed by atoms with Gasteiger partial charge >= 0.3 is 5.97 Å². The largest absolute Gasteiger partial charge is 0.446 e. The van der Waals surface area contributed by atoms with Crippen LogP contribution in [0.5, 0.6) is 0 Å². The Morgan fingerprint density at radius 3 is 2.70 bits per heavy atom. The molecule has 0 rings (SSSR count). The lowest BCUT2D eigenvalue weighted by molar-refractivity contribution is -0.142. The van der Waals surface area contributed by atoms with E-state index in [2.05, 4.69) is 4.74 Å². The van der Waals surface area contributed by atoms with Crippen LogP contribution in [0.4, 0.5) is 0 Å². The first-order chi connectivity index (χ1) is 4.66. The van der Waals surface area contributed by atoms with Crippen LogP contribution in [0, 0.1) is 0 Å². The molecular formula is C6H10Cl2O2. The molecule has 10 heavy (non-hydrogen) atoms. The predicted octanol–water partition coefficient (Wildman–Crippen LogP) is 2.13. The van der Waals surface area contributed by atoms with Crippen LogP contribution in [0.15, 0.2) is 0 Å². The third kappa shape index (κ3) is 6.17. The average Bonchev–Trinajstić information content (AvgIpc) is 1.82. The van der Waals surface area contributed by atoms with Gasteiger partial charge in [-0.1, -0.05) is 11.6 Å². The Morgan fingerprint density at radius 2 is 2.30 bits per heavy atom. The summed E-state index contributed by atoms with van der Waals surface area (Å²) in [5.74, 6) is 0.194. The van der Waals surface area contributed by atoms with E-state index < -0.39 is 5.56 Å². The first kappa shape index (κ1) is 10.0. The van der Waals surface area contributed by atoms with Gasteiger partial charge in [-0.15, -0.1) is 11.6 Å². The predicted molar refractivity (Wildman–Crippen MR) is 41.4 cm³/mol. The summed E-state index contributed by atoms with van der Waals surface area (Å²) in [4.78, 5) is 10.3. The Morgan fingerprint density at radius 1 is 1.70 bits per heavy atom. The normalized spacial score (nSPS) is 12.7. The Balaban J connectivity index is 3.25. The second-order valence-electron chi connectivity index (χ2n) is 1.85. The van der Waals surface area contributed by atoms with Crippen molar-refractivity contribution in [1.82, 2.24) is 0 Å². The molecular weight excluding hydrogens is 175 g/mol. The maximum atomic E-state index is 10.3. The van der Waals surface area contributed by atoms with E-state index in [1.165, 1.54) is 6.92 Å². The highest BCUT2D eigenvalue weighted by molar-refractivity contribution is 6.20. The van der Waals surface area contributed by atoms with E-state index >= 15 is 0 Å². The van der Waals surface area contributed by atoms with Crippen molar-refractivity contribution in [3.05, 3.63) is 0 Å². The number of ether oxygens (including phenoxy) is 1. The first-order valence-electron chi connectivity index (χ1n) is 3.04. The van der Waals surface area contributed by atoms with Crippen LogP contribution < -0.4 is 0 Å². The minimum atomic E-state index is -0.517. The molecule has 4 heteroatoms. The highest BCUT2D eigenvalue weighted by Gasteiger charge is 2.05. The standard InChI is InChI=1S/C6H10Cl2O2/c1-5(9)10-6(8)3-2-4-7/h6H,2-4H2,1H3. The summed E-state index contributed by atoms with van der Waals surface area (Å²) in [6.07, 6.45) is 1.38. The number of hydrogen-bond donors (Lipinski definition) is 0. The zero-order chi connectivity index (χ0) is 7.98. The van der Waals surface area contributed by atoms with E-state index in [9.17, 15) is 4.79 Å². The molecule has 1 atom stereocenters. The van der Waals surface area contributed by atoms with Gasteiger partial charge in [-0.2, -0.15) is 0 Å². The molecule has 0 spiro atoms. The summed E-state index contributed by atoms with van der Waals surface area (Å²) >= 11 is 10.9. The third-order valence-electron chi connectivity index (χ3n) is 0.859. The molecule has 0 N–H and O–H groups in total. The minimum Gasteiger partial charge on any atom is -0.446 e. The number of alkyl halides is 2. The van der Waals surface area contributed by atoms with Gasteiger partial charge in [0.1, 0.15) is 0 Å². The number of esters is 1. The molecule has 0 amide bonds.